The molecule has 0 bridgehead atoms. The second kappa shape index (κ2) is 7.01. The zero-order chi connectivity index (χ0) is 14.4. The summed E-state index contributed by atoms with van der Waals surface area (Å²) in [6, 6.07) is 1.54. The standard InChI is InChI=1S/C12H18N4O4/c1-9-8-10(15-20-9)14-12(18)11(17)13-2-3-16-4-6-19-7-5-16/h8H,2-7H2,1H3,(H,13,17)(H,14,15,18). The first-order valence-electron chi connectivity index (χ1n) is 6.48. The lowest BCUT2D eigenvalue weighted by atomic mass is 10.4. The lowest BCUT2D eigenvalue weighted by Gasteiger charge is -2.26. The molecule has 110 valence electrons. The molecule has 1 aliphatic rings. The van der Waals surface area contributed by atoms with Gasteiger partial charge in [-0.3, -0.25) is 19.8 Å². The van der Waals surface area contributed by atoms with Crippen LogP contribution in [-0.4, -0.2) is 61.3 Å². The van der Waals surface area contributed by atoms with Crippen molar-refractivity contribution in [2.45, 2.75) is 6.92 Å². The Morgan fingerprint density at radius 2 is 2.10 bits per heavy atom. The molecule has 0 aromatic carbocycles. The van der Waals surface area contributed by atoms with Gasteiger partial charge >= 0.3 is 11.8 Å². The van der Waals surface area contributed by atoms with Crippen LogP contribution in [0.2, 0.25) is 0 Å². The quantitative estimate of drug-likeness (QED) is 0.714. The molecule has 0 saturated carbocycles. The van der Waals surface area contributed by atoms with E-state index in [1.165, 1.54) is 0 Å². The number of rotatable bonds is 4. The molecule has 1 aromatic rings. The molecular weight excluding hydrogens is 264 g/mol. The Bertz CT molecular complexity index is 468. The third-order valence-corrected chi connectivity index (χ3v) is 2.89. The van der Waals surface area contributed by atoms with Crippen molar-refractivity contribution in [3.63, 3.8) is 0 Å². The van der Waals surface area contributed by atoms with E-state index >= 15 is 0 Å². The Morgan fingerprint density at radius 1 is 1.35 bits per heavy atom. The zero-order valence-electron chi connectivity index (χ0n) is 11.3. The minimum atomic E-state index is -0.750. The minimum Gasteiger partial charge on any atom is -0.379 e. The Labute approximate surface area is 116 Å². The lowest BCUT2D eigenvalue weighted by Crippen LogP contribution is -2.43. The van der Waals surface area contributed by atoms with Crippen LogP contribution in [0.4, 0.5) is 5.82 Å². The summed E-state index contributed by atoms with van der Waals surface area (Å²) in [5.74, 6) is -0.636. The highest BCUT2D eigenvalue weighted by Gasteiger charge is 2.16. The second-order valence-corrected chi connectivity index (χ2v) is 4.49. The normalized spacial score (nSPS) is 15.8. The van der Waals surface area contributed by atoms with E-state index in [0.717, 1.165) is 13.1 Å². The van der Waals surface area contributed by atoms with Gasteiger partial charge in [-0.05, 0) is 6.92 Å². The number of aryl methyl sites for hydroxylation is 1. The Balaban J connectivity index is 1.67. The third-order valence-electron chi connectivity index (χ3n) is 2.89. The predicted octanol–water partition coefficient (Wildman–Crippen LogP) is -0.630. The molecule has 1 aromatic heterocycles. The van der Waals surface area contributed by atoms with E-state index in [-0.39, 0.29) is 5.82 Å². The molecule has 2 rings (SSSR count). The average Bonchev–Trinajstić information content (AvgIpc) is 2.85. The number of ether oxygens (including phenoxy) is 1. The minimum absolute atomic E-state index is 0.232. The molecule has 20 heavy (non-hydrogen) atoms. The SMILES string of the molecule is Cc1cc(NC(=O)C(=O)NCCN2CCOCC2)no1. The second-order valence-electron chi connectivity index (χ2n) is 4.49. The van der Waals surface area contributed by atoms with E-state index < -0.39 is 11.8 Å². The van der Waals surface area contributed by atoms with Crippen molar-refractivity contribution in [3.05, 3.63) is 11.8 Å². The summed E-state index contributed by atoms with van der Waals surface area (Å²) in [4.78, 5) is 25.3. The summed E-state index contributed by atoms with van der Waals surface area (Å²) in [5, 5.41) is 8.51. The Hall–Kier alpha value is -1.93. The number of morpholine rings is 1. The van der Waals surface area contributed by atoms with E-state index in [2.05, 4.69) is 20.7 Å². The topological polar surface area (TPSA) is 96.7 Å². The maximum Gasteiger partial charge on any atom is 0.314 e. The smallest absolute Gasteiger partial charge is 0.314 e. The van der Waals surface area contributed by atoms with Crippen LogP contribution in [0.15, 0.2) is 10.6 Å². The highest BCUT2D eigenvalue weighted by molar-refractivity contribution is 6.39. The molecule has 0 aliphatic carbocycles. The fourth-order valence-electron chi connectivity index (χ4n) is 1.83. The molecule has 1 saturated heterocycles. The molecule has 2 amide bonds. The summed E-state index contributed by atoms with van der Waals surface area (Å²) in [7, 11) is 0. The molecule has 0 spiro atoms. The van der Waals surface area contributed by atoms with Crippen LogP contribution >= 0.6 is 0 Å². The molecule has 0 unspecified atom stereocenters. The average molecular weight is 282 g/mol. The van der Waals surface area contributed by atoms with Gasteiger partial charge in [0.25, 0.3) is 0 Å². The van der Waals surface area contributed by atoms with E-state index in [0.29, 0.717) is 32.1 Å². The van der Waals surface area contributed by atoms with E-state index in [1.807, 2.05) is 0 Å². The molecule has 8 nitrogen and oxygen atoms in total. The first kappa shape index (κ1) is 14.5. The Kier molecular flexibility index (Phi) is 5.08. The number of nitrogens with zero attached hydrogens (tertiary/aromatic N) is 2. The van der Waals surface area contributed by atoms with Crippen LogP contribution in [0.25, 0.3) is 0 Å². The maximum atomic E-state index is 11.6. The van der Waals surface area contributed by atoms with Gasteiger partial charge in [0.15, 0.2) is 5.82 Å². The van der Waals surface area contributed by atoms with Gasteiger partial charge in [-0.15, -0.1) is 0 Å². The van der Waals surface area contributed by atoms with Gasteiger partial charge in [-0.1, -0.05) is 5.16 Å². The number of anilines is 1. The van der Waals surface area contributed by atoms with E-state index in [1.54, 1.807) is 13.0 Å². The number of amides is 2. The predicted molar refractivity (Wildman–Crippen MR) is 70.1 cm³/mol. The van der Waals surface area contributed by atoms with Crippen LogP contribution in [0.5, 0.6) is 0 Å². The van der Waals surface area contributed by atoms with Gasteiger partial charge in [0.1, 0.15) is 5.76 Å². The molecule has 0 radical (unpaired) electrons. The van der Waals surface area contributed by atoms with Gasteiger partial charge in [-0.2, -0.15) is 0 Å². The van der Waals surface area contributed by atoms with Crippen molar-refractivity contribution < 1.29 is 18.8 Å². The fraction of sp³-hybridized carbons (Fsp3) is 0.583. The number of hydrogen-bond acceptors (Lipinski definition) is 6. The summed E-state index contributed by atoms with van der Waals surface area (Å²) in [6.07, 6.45) is 0. The summed E-state index contributed by atoms with van der Waals surface area (Å²) in [6.45, 7) is 5.93. The molecule has 0 atom stereocenters. The molecule has 2 heterocycles. The maximum absolute atomic E-state index is 11.6. The summed E-state index contributed by atoms with van der Waals surface area (Å²) in [5.41, 5.74) is 0. The van der Waals surface area contributed by atoms with Crippen molar-refractivity contribution in [3.8, 4) is 0 Å². The molecule has 8 heteroatoms. The van der Waals surface area contributed by atoms with Crippen molar-refractivity contribution >= 4 is 17.6 Å². The third kappa shape index (κ3) is 4.32. The molecular formula is C12H18N4O4. The van der Waals surface area contributed by atoms with Gasteiger partial charge in [0, 0.05) is 32.2 Å². The molecule has 2 N–H and O–H groups in total. The number of nitrogens with one attached hydrogen (secondary N) is 2. The van der Waals surface area contributed by atoms with E-state index in [4.69, 9.17) is 9.26 Å². The van der Waals surface area contributed by atoms with Crippen LogP contribution in [0.3, 0.4) is 0 Å². The highest BCUT2D eigenvalue weighted by atomic mass is 16.5. The van der Waals surface area contributed by atoms with E-state index in [9.17, 15) is 9.59 Å². The van der Waals surface area contributed by atoms with Crippen LogP contribution in [0, 0.1) is 6.92 Å². The van der Waals surface area contributed by atoms with Crippen LogP contribution < -0.4 is 10.6 Å². The number of aromatic nitrogens is 1. The van der Waals surface area contributed by atoms with Crippen LogP contribution in [0.1, 0.15) is 5.76 Å². The first-order chi connectivity index (χ1) is 9.65. The molecule has 1 aliphatic heterocycles. The summed E-state index contributed by atoms with van der Waals surface area (Å²) < 4.78 is 10.0. The largest absolute Gasteiger partial charge is 0.379 e. The number of hydrogen-bond donors (Lipinski definition) is 2. The van der Waals surface area contributed by atoms with Gasteiger partial charge < -0.3 is 14.6 Å². The van der Waals surface area contributed by atoms with Crippen LogP contribution in [-0.2, 0) is 14.3 Å². The fourth-order valence-corrected chi connectivity index (χ4v) is 1.83. The molecule has 1 fully saturated rings. The Morgan fingerprint density at radius 3 is 2.75 bits per heavy atom. The van der Waals surface area contributed by atoms with Gasteiger partial charge in [0.05, 0.1) is 13.2 Å². The summed E-state index contributed by atoms with van der Waals surface area (Å²) >= 11 is 0. The van der Waals surface area contributed by atoms with Crippen molar-refractivity contribution in [2.75, 3.05) is 44.7 Å². The van der Waals surface area contributed by atoms with Crippen molar-refractivity contribution in [2.24, 2.45) is 0 Å². The monoisotopic (exact) mass is 282 g/mol. The number of carbonyl (C=O) groups excluding carboxylic acids is 2. The highest BCUT2D eigenvalue weighted by Crippen LogP contribution is 2.06. The van der Waals surface area contributed by atoms with Gasteiger partial charge in [0.2, 0.25) is 0 Å². The van der Waals surface area contributed by atoms with Gasteiger partial charge in [-0.25, -0.2) is 0 Å². The zero-order valence-corrected chi connectivity index (χ0v) is 11.3. The number of carbonyl (C=O) groups is 2. The van der Waals surface area contributed by atoms with Crippen molar-refractivity contribution in [1.29, 1.82) is 0 Å². The van der Waals surface area contributed by atoms with Crippen molar-refractivity contribution in [1.82, 2.24) is 15.4 Å². The lowest BCUT2D eigenvalue weighted by molar-refractivity contribution is -0.136. The first-order valence-corrected chi connectivity index (χ1v) is 6.48.